The Morgan fingerprint density at radius 2 is 2.07 bits per heavy atom. The maximum absolute atomic E-state index is 12.6. The summed E-state index contributed by atoms with van der Waals surface area (Å²) in [7, 11) is 3.20. The fourth-order valence-electron chi connectivity index (χ4n) is 3.75. The molecular weight excluding hydrogens is 382 g/mol. The van der Waals surface area contributed by atoms with Gasteiger partial charge in [-0.15, -0.1) is 0 Å². The number of piperidine rings is 1. The van der Waals surface area contributed by atoms with Crippen LogP contribution in [-0.2, 0) is 11.3 Å². The fraction of sp³-hybridized carbons (Fsp3) is 0.435. The van der Waals surface area contributed by atoms with Crippen LogP contribution in [0.5, 0.6) is 11.5 Å². The van der Waals surface area contributed by atoms with E-state index in [0.29, 0.717) is 42.6 Å². The molecule has 1 saturated heterocycles. The van der Waals surface area contributed by atoms with Gasteiger partial charge in [-0.2, -0.15) is 0 Å². The van der Waals surface area contributed by atoms with Crippen LogP contribution < -0.4 is 14.8 Å². The summed E-state index contributed by atoms with van der Waals surface area (Å²) in [5.74, 6) is 1.69. The number of rotatable bonds is 8. The number of carbonyl (C=O) groups is 2. The Morgan fingerprint density at radius 3 is 2.80 bits per heavy atom. The summed E-state index contributed by atoms with van der Waals surface area (Å²) >= 11 is 0. The number of likely N-dealkylation sites (tertiary alicyclic amines) is 1. The van der Waals surface area contributed by atoms with Crippen molar-refractivity contribution in [3.63, 3.8) is 0 Å². The van der Waals surface area contributed by atoms with Crippen LogP contribution in [0, 0.1) is 5.92 Å². The smallest absolute Gasteiger partial charge is 0.272 e. The average molecular weight is 412 g/mol. The normalized spacial score (nSPS) is 16.1. The Bertz CT molecular complexity index is 857. The van der Waals surface area contributed by atoms with Crippen LogP contribution in [0.4, 0.5) is 0 Å². The number of hydrogen-bond donors (Lipinski definition) is 1. The highest BCUT2D eigenvalue weighted by molar-refractivity contribution is 5.92. The molecule has 30 heavy (non-hydrogen) atoms. The minimum Gasteiger partial charge on any atom is -0.497 e. The summed E-state index contributed by atoms with van der Waals surface area (Å²) in [5, 5.41) is 2.96. The van der Waals surface area contributed by atoms with Crippen LogP contribution in [0.1, 0.15) is 41.7 Å². The van der Waals surface area contributed by atoms with Gasteiger partial charge in [-0.3, -0.25) is 14.6 Å². The van der Waals surface area contributed by atoms with Gasteiger partial charge in [-0.1, -0.05) is 6.07 Å². The topological polar surface area (TPSA) is 80.8 Å². The third-order valence-electron chi connectivity index (χ3n) is 5.44. The molecule has 1 aromatic heterocycles. The van der Waals surface area contributed by atoms with Crippen LogP contribution >= 0.6 is 0 Å². The number of pyridine rings is 1. The molecule has 0 unspecified atom stereocenters. The van der Waals surface area contributed by atoms with Gasteiger partial charge in [0, 0.05) is 43.9 Å². The Morgan fingerprint density at radius 1 is 1.20 bits per heavy atom. The summed E-state index contributed by atoms with van der Waals surface area (Å²) < 4.78 is 10.6. The number of methoxy groups -OCH3 is 2. The largest absolute Gasteiger partial charge is 0.497 e. The Balaban J connectivity index is 1.46. The molecule has 0 bridgehead atoms. The van der Waals surface area contributed by atoms with Gasteiger partial charge >= 0.3 is 0 Å². The molecule has 2 amide bonds. The van der Waals surface area contributed by atoms with Crippen LogP contribution in [0.2, 0.25) is 0 Å². The molecule has 0 radical (unpaired) electrons. The van der Waals surface area contributed by atoms with Gasteiger partial charge in [0.25, 0.3) is 5.91 Å². The molecule has 3 rings (SSSR count). The predicted octanol–water partition coefficient (Wildman–Crippen LogP) is 3.05. The first kappa shape index (κ1) is 21.6. The SMILES string of the molecule is COc1ccc(CNC(=O)CC[C@@H]2CCCN(C(=O)c3ccccn3)C2)c(OC)c1. The summed E-state index contributed by atoms with van der Waals surface area (Å²) in [6.45, 7) is 1.82. The van der Waals surface area contributed by atoms with Crippen molar-refractivity contribution in [3.8, 4) is 11.5 Å². The molecular formula is C23H29N3O4. The van der Waals surface area contributed by atoms with Crippen LogP contribution in [0.15, 0.2) is 42.6 Å². The van der Waals surface area contributed by atoms with Crippen molar-refractivity contribution in [2.24, 2.45) is 5.92 Å². The van der Waals surface area contributed by atoms with Gasteiger partial charge in [0.1, 0.15) is 17.2 Å². The lowest BCUT2D eigenvalue weighted by Crippen LogP contribution is -2.40. The lowest BCUT2D eigenvalue weighted by atomic mass is 9.93. The molecule has 160 valence electrons. The first-order valence-corrected chi connectivity index (χ1v) is 10.3. The molecule has 1 aliphatic heterocycles. The van der Waals surface area contributed by atoms with Gasteiger partial charge in [0.2, 0.25) is 5.91 Å². The second-order valence-electron chi connectivity index (χ2n) is 7.47. The third kappa shape index (κ3) is 5.72. The first-order chi connectivity index (χ1) is 14.6. The Kier molecular flexibility index (Phi) is 7.65. The molecule has 2 heterocycles. The summed E-state index contributed by atoms with van der Waals surface area (Å²) in [5.41, 5.74) is 1.38. The van der Waals surface area contributed by atoms with E-state index in [1.54, 1.807) is 38.6 Å². The van der Waals surface area contributed by atoms with E-state index in [4.69, 9.17) is 9.47 Å². The monoisotopic (exact) mass is 411 g/mol. The average Bonchev–Trinajstić information content (AvgIpc) is 2.81. The van der Waals surface area contributed by atoms with Gasteiger partial charge < -0.3 is 19.7 Å². The highest BCUT2D eigenvalue weighted by Gasteiger charge is 2.25. The number of amides is 2. The molecule has 2 aromatic rings. The quantitative estimate of drug-likeness (QED) is 0.722. The second kappa shape index (κ2) is 10.6. The molecule has 0 saturated carbocycles. The van der Waals surface area contributed by atoms with Gasteiger partial charge in [0.05, 0.1) is 14.2 Å². The fourth-order valence-corrected chi connectivity index (χ4v) is 3.75. The van der Waals surface area contributed by atoms with E-state index in [9.17, 15) is 9.59 Å². The van der Waals surface area contributed by atoms with E-state index in [1.807, 2.05) is 23.1 Å². The van der Waals surface area contributed by atoms with Gasteiger partial charge in [-0.05, 0) is 49.4 Å². The van der Waals surface area contributed by atoms with Crippen molar-refractivity contribution in [2.45, 2.75) is 32.2 Å². The second-order valence-corrected chi connectivity index (χ2v) is 7.47. The lowest BCUT2D eigenvalue weighted by molar-refractivity contribution is -0.121. The Labute approximate surface area is 177 Å². The molecule has 1 N–H and O–H groups in total. The van der Waals surface area contributed by atoms with Gasteiger partial charge in [-0.25, -0.2) is 0 Å². The van der Waals surface area contributed by atoms with Crippen molar-refractivity contribution in [3.05, 3.63) is 53.9 Å². The summed E-state index contributed by atoms with van der Waals surface area (Å²) in [6, 6.07) is 10.9. The molecule has 1 aromatic carbocycles. The van der Waals surface area contributed by atoms with Crippen LogP contribution in [-0.4, -0.2) is 49.0 Å². The highest BCUT2D eigenvalue weighted by atomic mass is 16.5. The molecule has 0 aliphatic carbocycles. The van der Waals surface area contributed by atoms with Crippen molar-refractivity contribution in [1.82, 2.24) is 15.2 Å². The lowest BCUT2D eigenvalue weighted by Gasteiger charge is -2.32. The number of hydrogen-bond acceptors (Lipinski definition) is 5. The minimum absolute atomic E-state index is 0.000970. The number of aromatic nitrogens is 1. The minimum atomic E-state index is -0.0312. The number of nitrogens with one attached hydrogen (secondary N) is 1. The van der Waals surface area contributed by atoms with E-state index in [-0.39, 0.29) is 11.8 Å². The number of carbonyl (C=O) groups excluding carboxylic acids is 2. The molecule has 1 fully saturated rings. The van der Waals surface area contributed by atoms with Gasteiger partial charge in [0.15, 0.2) is 0 Å². The first-order valence-electron chi connectivity index (χ1n) is 10.3. The van der Waals surface area contributed by atoms with Crippen LogP contribution in [0.3, 0.4) is 0 Å². The van der Waals surface area contributed by atoms with Crippen molar-refractivity contribution in [2.75, 3.05) is 27.3 Å². The molecule has 1 atom stereocenters. The number of ether oxygens (including phenoxy) is 2. The van der Waals surface area contributed by atoms with E-state index >= 15 is 0 Å². The summed E-state index contributed by atoms with van der Waals surface area (Å²) in [6.07, 6.45) is 4.82. The van der Waals surface area contributed by atoms with Crippen molar-refractivity contribution < 1.29 is 19.1 Å². The predicted molar refractivity (Wildman–Crippen MR) is 113 cm³/mol. The van der Waals surface area contributed by atoms with E-state index in [0.717, 1.165) is 31.4 Å². The maximum Gasteiger partial charge on any atom is 0.272 e. The molecule has 7 nitrogen and oxygen atoms in total. The van der Waals surface area contributed by atoms with E-state index in [1.165, 1.54) is 0 Å². The van der Waals surface area contributed by atoms with Crippen molar-refractivity contribution in [1.29, 1.82) is 0 Å². The third-order valence-corrected chi connectivity index (χ3v) is 5.44. The van der Waals surface area contributed by atoms with E-state index in [2.05, 4.69) is 10.3 Å². The zero-order chi connectivity index (χ0) is 21.3. The molecule has 7 heteroatoms. The zero-order valence-electron chi connectivity index (χ0n) is 17.6. The van der Waals surface area contributed by atoms with Crippen LogP contribution in [0.25, 0.3) is 0 Å². The number of nitrogens with zero attached hydrogens (tertiary/aromatic N) is 2. The zero-order valence-corrected chi connectivity index (χ0v) is 17.6. The molecule has 0 spiro atoms. The number of benzene rings is 1. The molecule has 1 aliphatic rings. The van der Waals surface area contributed by atoms with E-state index < -0.39 is 0 Å². The highest BCUT2D eigenvalue weighted by Crippen LogP contribution is 2.25. The van der Waals surface area contributed by atoms with Crippen molar-refractivity contribution >= 4 is 11.8 Å². The standard InChI is InChI=1S/C23H29N3O4/c1-29-19-10-9-18(21(14-19)30-2)15-25-22(27)11-8-17-6-5-13-26(16-17)23(28)20-7-3-4-12-24-20/h3-4,7,9-10,12,14,17H,5-6,8,11,13,15-16H2,1-2H3,(H,25,27)/t17-/m0/s1. The summed E-state index contributed by atoms with van der Waals surface area (Å²) in [4.78, 5) is 31.0. The Hall–Kier alpha value is -3.09. The maximum atomic E-state index is 12.6.